The van der Waals surface area contributed by atoms with Crippen LogP contribution in [0.1, 0.15) is 49.9 Å². The lowest BCUT2D eigenvalue weighted by molar-refractivity contribution is -0.136. The van der Waals surface area contributed by atoms with Crippen LogP contribution in [-0.4, -0.2) is 16.1 Å². The minimum Gasteiger partial charge on any atom is -0.481 e. The van der Waals surface area contributed by atoms with Crippen LogP contribution in [-0.2, 0) is 17.6 Å². The fourth-order valence-corrected chi connectivity index (χ4v) is 2.43. The molecular weight excluding hydrogens is 250 g/mol. The first-order valence-electron chi connectivity index (χ1n) is 7.16. The third-order valence-electron chi connectivity index (χ3n) is 3.61. The van der Waals surface area contributed by atoms with E-state index in [1.165, 1.54) is 5.56 Å². The molecule has 106 valence electrons. The lowest BCUT2D eigenvalue weighted by atomic mass is 9.97. The average Bonchev–Trinajstić information content (AvgIpc) is 2.43. The Balaban J connectivity index is 2.61. The summed E-state index contributed by atoms with van der Waals surface area (Å²) in [6, 6.07) is 8.24. The molecule has 1 aromatic heterocycles. The zero-order valence-corrected chi connectivity index (χ0v) is 12.3. The van der Waals surface area contributed by atoms with Crippen LogP contribution in [0.4, 0.5) is 0 Å². The van der Waals surface area contributed by atoms with Gasteiger partial charge in [-0.15, -0.1) is 0 Å². The molecule has 3 heteroatoms. The molecule has 0 spiro atoms. The van der Waals surface area contributed by atoms with Gasteiger partial charge in [0.25, 0.3) is 0 Å². The van der Waals surface area contributed by atoms with Gasteiger partial charge in [0, 0.05) is 17.5 Å². The molecule has 1 heterocycles. The number of para-hydroxylation sites is 1. The van der Waals surface area contributed by atoms with E-state index in [0.717, 1.165) is 28.6 Å². The highest BCUT2D eigenvalue weighted by Gasteiger charge is 2.11. The van der Waals surface area contributed by atoms with Gasteiger partial charge in [-0.2, -0.15) is 0 Å². The van der Waals surface area contributed by atoms with E-state index in [9.17, 15) is 4.79 Å². The van der Waals surface area contributed by atoms with Crippen LogP contribution in [0.15, 0.2) is 24.3 Å². The molecule has 0 amide bonds. The Morgan fingerprint density at radius 3 is 2.65 bits per heavy atom. The predicted octanol–water partition coefficient (Wildman–Crippen LogP) is 3.94. The van der Waals surface area contributed by atoms with Crippen molar-refractivity contribution >= 4 is 16.9 Å². The monoisotopic (exact) mass is 271 g/mol. The first kappa shape index (κ1) is 14.5. The molecule has 0 saturated heterocycles. The predicted molar refractivity (Wildman–Crippen MR) is 81.2 cm³/mol. The van der Waals surface area contributed by atoms with E-state index in [1.54, 1.807) is 0 Å². The van der Waals surface area contributed by atoms with E-state index in [4.69, 9.17) is 10.1 Å². The maximum absolute atomic E-state index is 10.8. The van der Waals surface area contributed by atoms with Gasteiger partial charge in [0.15, 0.2) is 0 Å². The number of rotatable bonds is 5. The zero-order valence-electron chi connectivity index (χ0n) is 12.3. The number of carboxylic acid groups (broad SMARTS) is 1. The second-order valence-electron chi connectivity index (χ2n) is 5.42. The molecule has 2 aromatic rings. The lowest BCUT2D eigenvalue weighted by Gasteiger charge is -2.13. The Hall–Kier alpha value is -1.90. The third kappa shape index (κ3) is 2.98. The summed E-state index contributed by atoms with van der Waals surface area (Å²) in [5.41, 5.74) is 4.39. The highest BCUT2D eigenvalue weighted by Crippen LogP contribution is 2.26. The topological polar surface area (TPSA) is 50.2 Å². The van der Waals surface area contributed by atoms with Gasteiger partial charge >= 0.3 is 5.97 Å². The third-order valence-corrected chi connectivity index (χ3v) is 3.61. The van der Waals surface area contributed by atoms with Crippen LogP contribution >= 0.6 is 0 Å². The summed E-state index contributed by atoms with van der Waals surface area (Å²) < 4.78 is 0. The second-order valence-corrected chi connectivity index (χ2v) is 5.42. The molecule has 20 heavy (non-hydrogen) atoms. The first-order chi connectivity index (χ1) is 9.52. The molecule has 0 saturated carbocycles. The highest BCUT2D eigenvalue weighted by atomic mass is 16.4. The second kappa shape index (κ2) is 6.04. The van der Waals surface area contributed by atoms with Crippen LogP contribution < -0.4 is 0 Å². The molecule has 0 fully saturated rings. The number of carboxylic acids is 1. The van der Waals surface area contributed by atoms with Crippen LogP contribution in [0.5, 0.6) is 0 Å². The summed E-state index contributed by atoms with van der Waals surface area (Å²) in [6.07, 6.45) is 1.65. The zero-order chi connectivity index (χ0) is 14.7. The summed E-state index contributed by atoms with van der Waals surface area (Å²) in [4.78, 5) is 15.6. The molecule has 0 aliphatic rings. The lowest BCUT2D eigenvalue weighted by Crippen LogP contribution is -2.02. The number of hydrogen-bond acceptors (Lipinski definition) is 2. The molecule has 0 unspecified atom stereocenters. The number of nitrogens with zero attached hydrogens (tertiary/aromatic N) is 1. The number of hydrogen-bond donors (Lipinski definition) is 1. The van der Waals surface area contributed by atoms with Crippen LogP contribution in [0.25, 0.3) is 10.9 Å². The quantitative estimate of drug-likeness (QED) is 0.896. The van der Waals surface area contributed by atoms with E-state index < -0.39 is 5.97 Å². The normalized spacial score (nSPS) is 11.2. The van der Waals surface area contributed by atoms with E-state index in [2.05, 4.69) is 32.9 Å². The first-order valence-corrected chi connectivity index (χ1v) is 7.16. The van der Waals surface area contributed by atoms with E-state index in [-0.39, 0.29) is 6.42 Å². The van der Waals surface area contributed by atoms with Crippen LogP contribution in [0, 0.1) is 0 Å². The maximum atomic E-state index is 10.8. The Labute approximate surface area is 119 Å². The number of aryl methyl sites for hydroxylation is 2. The molecule has 0 radical (unpaired) electrons. The smallest absolute Gasteiger partial charge is 0.303 e. The van der Waals surface area contributed by atoms with E-state index in [0.29, 0.717) is 12.3 Å². The van der Waals surface area contributed by atoms with Gasteiger partial charge in [0.1, 0.15) is 0 Å². The standard InChI is InChI=1S/C17H21NO2/c1-4-12-6-5-7-14-13(8-9-16(19)20)10-15(11(2)3)18-17(12)14/h5-7,10-11H,4,8-9H2,1-3H3,(H,19,20). The highest BCUT2D eigenvalue weighted by molar-refractivity contribution is 5.86. The molecule has 3 nitrogen and oxygen atoms in total. The van der Waals surface area contributed by atoms with E-state index in [1.807, 2.05) is 12.1 Å². The Bertz CT molecular complexity index is 632. The van der Waals surface area contributed by atoms with Crippen molar-refractivity contribution in [2.24, 2.45) is 0 Å². The van der Waals surface area contributed by atoms with Crippen LogP contribution in [0.2, 0.25) is 0 Å². The van der Waals surface area contributed by atoms with Gasteiger partial charge < -0.3 is 5.11 Å². The van der Waals surface area contributed by atoms with E-state index >= 15 is 0 Å². The van der Waals surface area contributed by atoms with Crippen molar-refractivity contribution in [3.63, 3.8) is 0 Å². The SMILES string of the molecule is CCc1cccc2c(CCC(=O)O)cc(C(C)C)nc12. The molecule has 2 rings (SSSR count). The Morgan fingerprint density at radius 1 is 1.30 bits per heavy atom. The van der Waals surface area contributed by atoms with Gasteiger partial charge in [-0.25, -0.2) is 0 Å². The van der Waals surface area contributed by atoms with Gasteiger partial charge in [-0.3, -0.25) is 9.78 Å². The summed E-state index contributed by atoms with van der Waals surface area (Å²) in [6.45, 7) is 6.35. The van der Waals surface area contributed by atoms with Gasteiger partial charge in [-0.1, -0.05) is 39.0 Å². The van der Waals surface area contributed by atoms with Crippen molar-refractivity contribution in [3.05, 3.63) is 41.1 Å². The number of carbonyl (C=O) groups is 1. The van der Waals surface area contributed by atoms with Gasteiger partial charge in [0.2, 0.25) is 0 Å². The summed E-state index contributed by atoms with van der Waals surface area (Å²) in [5.74, 6) is -0.416. The van der Waals surface area contributed by atoms with Crippen molar-refractivity contribution in [1.82, 2.24) is 4.98 Å². The minimum atomic E-state index is -0.757. The fraction of sp³-hybridized carbons (Fsp3) is 0.412. The maximum Gasteiger partial charge on any atom is 0.303 e. The molecule has 1 N–H and O–H groups in total. The molecular formula is C17H21NO2. The molecule has 1 aromatic carbocycles. The van der Waals surface area contributed by atoms with Crippen molar-refractivity contribution in [2.45, 2.75) is 46.0 Å². The number of benzene rings is 1. The number of pyridine rings is 1. The molecule has 0 aliphatic carbocycles. The Kier molecular flexibility index (Phi) is 4.38. The van der Waals surface area contributed by atoms with Crippen molar-refractivity contribution in [3.8, 4) is 0 Å². The summed E-state index contributed by atoms with van der Waals surface area (Å²) in [5, 5.41) is 10.0. The largest absolute Gasteiger partial charge is 0.481 e. The Morgan fingerprint density at radius 2 is 2.05 bits per heavy atom. The molecule has 0 atom stereocenters. The number of aromatic nitrogens is 1. The summed E-state index contributed by atoms with van der Waals surface area (Å²) in [7, 11) is 0. The number of fused-ring (bicyclic) bond motifs is 1. The van der Waals surface area contributed by atoms with Crippen molar-refractivity contribution < 1.29 is 9.90 Å². The van der Waals surface area contributed by atoms with Gasteiger partial charge in [0.05, 0.1) is 5.52 Å². The van der Waals surface area contributed by atoms with Crippen molar-refractivity contribution in [1.29, 1.82) is 0 Å². The van der Waals surface area contributed by atoms with Crippen LogP contribution in [0.3, 0.4) is 0 Å². The molecule has 0 bridgehead atoms. The fourth-order valence-electron chi connectivity index (χ4n) is 2.43. The summed E-state index contributed by atoms with van der Waals surface area (Å²) >= 11 is 0. The van der Waals surface area contributed by atoms with Crippen molar-refractivity contribution in [2.75, 3.05) is 0 Å². The molecule has 0 aliphatic heterocycles. The van der Waals surface area contributed by atoms with Gasteiger partial charge in [-0.05, 0) is 36.0 Å². The minimum absolute atomic E-state index is 0.160. The average molecular weight is 271 g/mol. The number of aliphatic carboxylic acids is 1.